The molecule has 0 fully saturated rings. The van der Waals surface area contributed by atoms with E-state index in [0.29, 0.717) is 17.8 Å². The minimum atomic E-state index is 0.188. The van der Waals surface area contributed by atoms with Crippen LogP contribution in [0.2, 0.25) is 0 Å². The van der Waals surface area contributed by atoms with Crippen LogP contribution in [0, 0.1) is 0 Å². The smallest absolute Gasteiger partial charge is 0.231 e. The minimum absolute atomic E-state index is 0.188. The van der Waals surface area contributed by atoms with Gasteiger partial charge >= 0.3 is 0 Å². The van der Waals surface area contributed by atoms with E-state index in [0.717, 1.165) is 16.6 Å². The van der Waals surface area contributed by atoms with Crippen LogP contribution >= 0.6 is 15.9 Å². The molecular weight excluding hydrogens is 306 g/mol. The molecule has 4 nitrogen and oxygen atoms in total. The molecule has 19 heavy (non-hydrogen) atoms. The van der Waals surface area contributed by atoms with Crippen molar-refractivity contribution in [3.63, 3.8) is 0 Å². The lowest BCUT2D eigenvalue weighted by atomic mass is 10.0. The van der Waals surface area contributed by atoms with E-state index in [1.54, 1.807) is 0 Å². The van der Waals surface area contributed by atoms with Crippen LogP contribution in [0.1, 0.15) is 32.6 Å². The second-order valence-electron chi connectivity index (χ2n) is 4.60. The van der Waals surface area contributed by atoms with Gasteiger partial charge in [0.2, 0.25) is 11.7 Å². The zero-order valence-electron chi connectivity index (χ0n) is 11.4. The van der Waals surface area contributed by atoms with Gasteiger partial charge in [0.25, 0.3) is 0 Å². The number of likely N-dealkylation sites (N-methyl/N-ethyl adjacent to an activating group) is 1. The van der Waals surface area contributed by atoms with Gasteiger partial charge < -0.3 is 9.84 Å². The average Bonchev–Trinajstić information content (AvgIpc) is 2.87. The molecule has 1 heterocycles. The summed E-state index contributed by atoms with van der Waals surface area (Å²) in [4.78, 5) is 4.49. The predicted octanol–water partition coefficient (Wildman–Crippen LogP) is 3.60. The summed E-state index contributed by atoms with van der Waals surface area (Å²) in [6, 6.07) is 8.19. The van der Waals surface area contributed by atoms with Gasteiger partial charge in [0.1, 0.15) is 0 Å². The van der Waals surface area contributed by atoms with Gasteiger partial charge in [-0.15, -0.1) is 0 Å². The van der Waals surface area contributed by atoms with E-state index >= 15 is 0 Å². The van der Waals surface area contributed by atoms with E-state index in [1.165, 1.54) is 0 Å². The van der Waals surface area contributed by atoms with Crippen LogP contribution < -0.4 is 5.32 Å². The molecule has 2 aromatic rings. The maximum atomic E-state index is 5.37. The number of nitrogens with zero attached hydrogens (tertiary/aromatic N) is 2. The topological polar surface area (TPSA) is 51.0 Å². The summed E-state index contributed by atoms with van der Waals surface area (Å²) in [5, 5.41) is 7.42. The van der Waals surface area contributed by atoms with E-state index in [4.69, 9.17) is 4.52 Å². The third-order valence-electron chi connectivity index (χ3n) is 3.19. The van der Waals surface area contributed by atoms with Crippen molar-refractivity contribution in [2.75, 3.05) is 6.54 Å². The fourth-order valence-electron chi connectivity index (χ4n) is 1.88. The first-order chi connectivity index (χ1) is 9.11. The molecule has 0 spiro atoms. The van der Waals surface area contributed by atoms with Gasteiger partial charge in [-0.1, -0.05) is 47.1 Å². The van der Waals surface area contributed by atoms with Gasteiger partial charge in [0.05, 0.1) is 5.92 Å². The summed E-state index contributed by atoms with van der Waals surface area (Å²) < 4.78 is 6.38. The lowest BCUT2D eigenvalue weighted by Gasteiger charge is -2.16. The SMILES string of the molecule is CCNC(C)C(C)c1nc(-c2cccc(Br)c2)no1. The highest BCUT2D eigenvalue weighted by Gasteiger charge is 2.20. The number of rotatable bonds is 5. The predicted molar refractivity (Wildman–Crippen MR) is 79.0 cm³/mol. The molecule has 0 radical (unpaired) electrons. The molecule has 1 aromatic carbocycles. The van der Waals surface area contributed by atoms with Crippen molar-refractivity contribution in [2.45, 2.75) is 32.7 Å². The summed E-state index contributed by atoms with van der Waals surface area (Å²) in [6.45, 7) is 7.23. The monoisotopic (exact) mass is 323 g/mol. The van der Waals surface area contributed by atoms with E-state index in [-0.39, 0.29) is 5.92 Å². The lowest BCUT2D eigenvalue weighted by Crippen LogP contribution is -2.30. The standard InChI is InChI=1S/C14H18BrN3O/c1-4-16-10(3)9(2)14-17-13(18-19-14)11-6-5-7-12(15)8-11/h5-10,16H,4H2,1-3H3. The van der Waals surface area contributed by atoms with Crippen LogP contribution in [0.4, 0.5) is 0 Å². The van der Waals surface area contributed by atoms with Gasteiger partial charge in [-0.2, -0.15) is 4.98 Å². The first-order valence-corrected chi connectivity index (χ1v) is 7.24. The second kappa shape index (κ2) is 6.30. The third-order valence-corrected chi connectivity index (χ3v) is 3.68. The van der Waals surface area contributed by atoms with Gasteiger partial charge in [-0.05, 0) is 25.6 Å². The molecule has 0 saturated carbocycles. The van der Waals surface area contributed by atoms with Crippen molar-refractivity contribution < 1.29 is 4.52 Å². The Morgan fingerprint density at radius 3 is 2.84 bits per heavy atom. The molecule has 1 aromatic heterocycles. The van der Waals surface area contributed by atoms with E-state index in [2.05, 4.69) is 52.2 Å². The molecule has 0 aliphatic heterocycles. The van der Waals surface area contributed by atoms with E-state index < -0.39 is 0 Å². The number of nitrogens with one attached hydrogen (secondary N) is 1. The van der Waals surface area contributed by atoms with Crippen LogP contribution in [0.3, 0.4) is 0 Å². The van der Waals surface area contributed by atoms with Gasteiger partial charge in [-0.3, -0.25) is 0 Å². The minimum Gasteiger partial charge on any atom is -0.339 e. The van der Waals surface area contributed by atoms with Crippen LogP contribution in [-0.4, -0.2) is 22.7 Å². The molecule has 0 saturated heterocycles. The highest BCUT2D eigenvalue weighted by atomic mass is 79.9. The Kier molecular flexibility index (Phi) is 4.71. The van der Waals surface area contributed by atoms with Crippen molar-refractivity contribution in [1.29, 1.82) is 0 Å². The van der Waals surface area contributed by atoms with Crippen LogP contribution in [0.5, 0.6) is 0 Å². The molecule has 102 valence electrons. The lowest BCUT2D eigenvalue weighted by molar-refractivity contribution is 0.332. The fourth-order valence-corrected chi connectivity index (χ4v) is 2.28. The van der Waals surface area contributed by atoms with Crippen molar-refractivity contribution in [2.24, 2.45) is 0 Å². The number of halogens is 1. The first-order valence-electron chi connectivity index (χ1n) is 6.44. The van der Waals surface area contributed by atoms with Gasteiger partial charge in [0.15, 0.2) is 0 Å². The summed E-state index contributed by atoms with van der Waals surface area (Å²) in [5.74, 6) is 1.49. The van der Waals surface area contributed by atoms with Crippen molar-refractivity contribution in [1.82, 2.24) is 15.5 Å². The quantitative estimate of drug-likeness (QED) is 0.913. The number of hydrogen-bond acceptors (Lipinski definition) is 4. The fraction of sp³-hybridized carbons (Fsp3) is 0.429. The maximum Gasteiger partial charge on any atom is 0.231 e. The summed E-state index contributed by atoms with van der Waals surface area (Å²) in [7, 11) is 0. The molecule has 2 unspecified atom stereocenters. The maximum absolute atomic E-state index is 5.37. The van der Waals surface area contributed by atoms with E-state index in [9.17, 15) is 0 Å². The highest BCUT2D eigenvalue weighted by Crippen LogP contribution is 2.23. The van der Waals surface area contributed by atoms with Crippen LogP contribution in [0.15, 0.2) is 33.3 Å². The Labute approximate surface area is 121 Å². The van der Waals surface area contributed by atoms with Crippen LogP contribution in [-0.2, 0) is 0 Å². The Hall–Kier alpha value is -1.20. The molecule has 1 N–H and O–H groups in total. The number of hydrogen-bond donors (Lipinski definition) is 1. The second-order valence-corrected chi connectivity index (χ2v) is 5.52. The third kappa shape index (κ3) is 3.42. The Bertz CT molecular complexity index is 541. The molecule has 0 bridgehead atoms. The normalized spacial score (nSPS) is 14.3. The zero-order valence-corrected chi connectivity index (χ0v) is 12.9. The largest absolute Gasteiger partial charge is 0.339 e. The van der Waals surface area contributed by atoms with Gasteiger partial charge in [-0.25, -0.2) is 0 Å². The number of aromatic nitrogens is 2. The molecule has 5 heteroatoms. The summed E-state index contributed by atoms with van der Waals surface area (Å²) >= 11 is 3.44. The van der Waals surface area contributed by atoms with Crippen LogP contribution in [0.25, 0.3) is 11.4 Å². The average molecular weight is 324 g/mol. The van der Waals surface area contributed by atoms with Gasteiger partial charge in [0, 0.05) is 16.1 Å². The molecule has 2 atom stereocenters. The molecular formula is C14H18BrN3O. The Morgan fingerprint density at radius 1 is 1.37 bits per heavy atom. The zero-order chi connectivity index (χ0) is 13.8. The Balaban J connectivity index is 2.19. The molecule has 2 rings (SSSR count). The Morgan fingerprint density at radius 2 is 2.16 bits per heavy atom. The molecule has 0 aliphatic carbocycles. The highest BCUT2D eigenvalue weighted by molar-refractivity contribution is 9.10. The van der Waals surface area contributed by atoms with Crippen molar-refractivity contribution in [3.05, 3.63) is 34.6 Å². The molecule has 0 aliphatic rings. The summed E-state index contributed by atoms with van der Waals surface area (Å²) in [6.07, 6.45) is 0. The first kappa shape index (κ1) is 14.2. The van der Waals surface area contributed by atoms with Crippen molar-refractivity contribution in [3.8, 4) is 11.4 Å². The van der Waals surface area contributed by atoms with E-state index in [1.807, 2.05) is 24.3 Å². The summed E-state index contributed by atoms with van der Waals surface area (Å²) in [5.41, 5.74) is 0.952. The number of benzene rings is 1. The van der Waals surface area contributed by atoms with Crippen molar-refractivity contribution >= 4 is 15.9 Å². The molecule has 0 amide bonds.